The molecular formula is C27H36ClN2O4SSi. The Kier molecular flexibility index (Phi) is 9.68. The maximum Gasteiger partial charge on any atom is 0.286 e. The third-order valence-electron chi connectivity index (χ3n) is 6.19. The molecule has 0 bridgehead atoms. The van der Waals surface area contributed by atoms with Gasteiger partial charge in [-0.05, 0) is 67.2 Å². The van der Waals surface area contributed by atoms with E-state index in [2.05, 4.69) is 57.5 Å². The molecule has 3 rings (SSSR count). The summed E-state index contributed by atoms with van der Waals surface area (Å²) in [5, 5.41) is 6.01. The number of imide groups is 1. The van der Waals surface area contributed by atoms with Gasteiger partial charge in [0.1, 0.15) is 12.4 Å². The van der Waals surface area contributed by atoms with Gasteiger partial charge < -0.3 is 14.5 Å². The molecule has 0 aromatic heterocycles. The summed E-state index contributed by atoms with van der Waals surface area (Å²) in [5.41, 5.74) is 1.33. The Hall–Kier alpha value is -1.84. The molecule has 2 aromatic rings. The number of hydrogen-bond acceptors (Lipinski definition) is 6. The van der Waals surface area contributed by atoms with Gasteiger partial charge in [-0.3, -0.25) is 14.9 Å². The average Bonchev–Trinajstić information content (AvgIpc) is 3.11. The summed E-state index contributed by atoms with van der Waals surface area (Å²) < 4.78 is 12.8. The number of halogens is 1. The second kappa shape index (κ2) is 12.1. The first-order valence-electron chi connectivity index (χ1n) is 12.1. The molecule has 3 atom stereocenters. The molecule has 1 saturated heterocycles. The zero-order chi connectivity index (χ0) is 26.5. The van der Waals surface area contributed by atoms with E-state index in [4.69, 9.17) is 20.8 Å². The number of nitrogens with one attached hydrogen (secondary N) is 2. The molecule has 9 heteroatoms. The summed E-state index contributed by atoms with van der Waals surface area (Å²) in [6.45, 7) is 14.1. The number of thioether (sulfide) groups is 1. The van der Waals surface area contributed by atoms with Crippen LogP contribution < -0.4 is 15.4 Å². The maximum atomic E-state index is 11.8. The monoisotopic (exact) mass is 547 g/mol. The fourth-order valence-electron chi connectivity index (χ4n) is 4.20. The van der Waals surface area contributed by atoms with Crippen LogP contribution in [-0.4, -0.2) is 44.6 Å². The van der Waals surface area contributed by atoms with E-state index >= 15 is 0 Å². The predicted molar refractivity (Wildman–Crippen MR) is 149 cm³/mol. The number of amides is 2. The van der Waals surface area contributed by atoms with Crippen molar-refractivity contribution in [1.29, 1.82) is 0 Å². The van der Waals surface area contributed by atoms with Crippen molar-refractivity contribution in [3.05, 3.63) is 64.7 Å². The molecule has 0 aliphatic carbocycles. The fourth-order valence-corrected chi connectivity index (χ4v) is 6.44. The van der Waals surface area contributed by atoms with Gasteiger partial charge in [-0.25, -0.2) is 0 Å². The molecule has 1 fully saturated rings. The lowest BCUT2D eigenvalue weighted by molar-refractivity contribution is -0.118. The van der Waals surface area contributed by atoms with Crippen molar-refractivity contribution in [3.8, 4) is 5.75 Å². The van der Waals surface area contributed by atoms with Gasteiger partial charge in [0.2, 0.25) is 14.9 Å². The summed E-state index contributed by atoms with van der Waals surface area (Å²) in [6, 6.07) is 15.7. The minimum absolute atomic E-state index is 0.0724. The molecule has 6 nitrogen and oxygen atoms in total. The standard InChI is InChI=1S/C27H36ClN2O4SSi/c1-18(16-33-22-12-10-19(11-13-22)14-23-24(31)30-25(32)35-23)29-17-27(26(2,3)4,34-36(5)6)20-8-7-9-21(28)15-20/h7-13,15,18,23,29H,14,16-17H2,1-6H3,(H,30,31,32)/t18-,23?,27+/m1/s1. The minimum atomic E-state index is -1.01. The lowest BCUT2D eigenvalue weighted by atomic mass is 9.72. The highest BCUT2D eigenvalue weighted by Crippen LogP contribution is 2.43. The summed E-state index contributed by atoms with van der Waals surface area (Å²) in [7, 11) is -1.01. The predicted octanol–water partition coefficient (Wildman–Crippen LogP) is 5.80. The van der Waals surface area contributed by atoms with Gasteiger partial charge in [0.25, 0.3) is 5.24 Å². The van der Waals surface area contributed by atoms with E-state index in [1.54, 1.807) is 0 Å². The Morgan fingerprint density at radius 2 is 1.83 bits per heavy atom. The van der Waals surface area contributed by atoms with Crippen LogP contribution in [0, 0.1) is 5.41 Å². The number of ether oxygens (including phenoxy) is 1. The maximum absolute atomic E-state index is 11.8. The van der Waals surface area contributed by atoms with Crippen LogP contribution in [-0.2, 0) is 21.2 Å². The second-order valence-electron chi connectivity index (χ2n) is 10.4. The smallest absolute Gasteiger partial charge is 0.286 e. The normalized spacial score (nSPS) is 18.7. The SMILES string of the molecule is C[C@H](COc1ccc(CC2SC(=O)NC2=O)cc1)NC[C@](O[Si](C)C)(c1cccc(Cl)c1)C(C)(C)C. The molecule has 1 aliphatic rings. The van der Waals surface area contributed by atoms with Crippen molar-refractivity contribution in [2.45, 2.75) is 64.1 Å². The van der Waals surface area contributed by atoms with Crippen molar-refractivity contribution < 1.29 is 18.8 Å². The molecule has 2 aromatic carbocycles. The lowest BCUT2D eigenvalue weighted by Crippen LogP contribution is -2.54. The minimum Gasteiger partial charge on any atom is -0.492 e. The van der Waals surface area contributed by atoms with E-state index in [0.717, 1.165) is 28.6 Å². The van der Waals surface area contributed by atoms with Crippen LogP contribution in [0.3, 0.4) is 0 Å². The number of carbonyl (C=O) groups is 2. The van der Waals surface area contributed by atoms with E-state index in [1.807, 2.05) is 42.5 Å². The fraction of sp³-hybridized carbons (Fsp3) is 0.481. The topological polar surface area (TPSA) is 76.7 Å². The molecule has 195 valence electrons. The zero-order valence-corrected chi connectivity index (χ0v) is 24.4. The summed E-state index contributed by atoms with van der Waals surface area (Å²) >= 11 is 7.41. The van der Waals surface area contributed by atoms with Gasteiger partial charge in [0.05, 0.1) is 10.9 Å². The molecule has 2 amide bonds. The Morgan fingerprint density at radius 1 is 1.14 bits per heavy atom. The van der Waals surface area contributed by atoms with Crippen LogP contribution in [0.5, 0.6) is 5.75 Å². The highest BCUT2D eigenvalue weighted by molar-refractivity contribution is 8.15. The van der Waals surface area contributed by atoms with Gasteiger partial charge in [-0.15, -0.1) is 0 Å². The van der Waals surface area contributed by atoms with Gasteiger partial charge in [-0.1, -0.05) is 68.4 Å². The highest BCUT2D eigenvalue weighted by atomic mass is 35.5. The highest BCUT2D eigenvalue weighted by Gasteiger charge is 2.45. The van der Waals surface area contributed by atoms with Crippen molar-refractivity contribution in [2.75, 3.05) is 13.2 Å². The Labute approximate surface area is 225 Å². The number of carbonyl (C=O) groups excluding carboxylic acids is 2. The first kappa shape index (κ1) is 28.7. The van der Waals surface area contributed by atoms with Crippen LogP contribution >= 0.6 is 23.4 Å². The van der Waals surface area contributed by atoms with E-state index in [0.29, 0.717) is 24.6 Å². The Bertz CT molecular complexity index is 1060. The molecule has 36 heavy (non-hydrogen) atoms. The largest absolute Gasteiger partial charge is 0.492 e. The number of hydrogen-bond donors (Lipinski definition) is 2. The summed E-state index contributed by atoms with van der Waals surface area (Å²) in [5.74, 6) is 0.533. The third-order valence-corrected chi connectivity index (χ3v) is 8.16. The van der Waals surface area contributed by atoms with Crippen molar-refractivity contribution in [1.82, 2.24) is 10.6 Å². The first-order chi connectivity index (χ1) is 16.9. The van der Waals surface area contributed by atoms with E-state index < -0.39 is 14.6 Å². The molecule has 1 unspecified atom stereocenters. The molecule has 0 spiro atoms. The molecule has 2 N–H and O–H groups in total. The molecule has 0 saturated carbocycles. The quantitative estimate of drug-likeness (QED) is 0.346. The zero-order valence-electron chi connectivity index (χ0n) is 21.8. The van der Waals surface area contributed by atoms with Crippen molar-refractivity contribution in [3.63, 3.8) is 0 Å². The van der Waals surface area contributed by atoms with Gasteiger partial charge >= 0.3 is 0 Å². The first-order valence-corrected chi connectivity index (χ1v) is 15.8. The van der Waals surface area contributed by atoms with Gasteiger partial charge in [0.15, 0.2) is 0 Å². The van der Waals surface area contributed by atoms with Gasteiger partial charge in [-0.2, -0.15) is 0 Å². The Balaban J connectivity index is 1.62. The van der Waals surface area contributed by atoms with E-state index in [-0.39, 0.29) is 27.9 Å². The number of rotatable bonds is 11. The van der Waals surface area contributed by atoms with Crippen LogP contribution in [0.1, 0.15) is 38.8 Å². The summed E-state index contributed by atoms with van der Waals surface area (Å²) in [4.78, 5) is 23.2. The van der Waals surface area contributed by atoms with Crippen molar-refractivity contribution in [2.24, 2.45) is 5.41 Å². The third kappa shape index (κ3) is 7.35. The van der Waals surface area contributed by atoms with Crippen LogP contribution in [0.4, 0.5) is 4.79 Å². The van der Waals surface area contributed by atoms with E-state index in [1.165, 1.54) is 0 Å². The van der Waals surface area contributed by atoms with Gasteiger partial charge in [0, 0.05) is 17.6 Å². The van der Waals surface area contributed by atoms with E-state index in [9.17, 15) is 9.59 Å². The van der Waals surface area contributed by atoms with Crippen LogP contribution in [0.2, 0.25) is 18.1 Å². The molecule has 1 radical (unpaired) electrons. The van der Waals surface area contributed by atoms with Crippen LogP contribution in [0.15, 0.2) is 48.5 Å². The van der Waals surface area contributed by atoms with Crippen LogP contribution in [0.25, 0.3) is 0 Å². The molecule has 1 heterocycles. The Morgan fingerprint density at radius 3 is 2.39 bits per heavy atom. The average molecular weight is 548 g/mol. The number of benzene rings is 2. The van der Waals surface area contributed by atoms with Crippen molar-refractivity contribution >= 4 is 43.5 Å². The summed E-state index contributed by atoms with van der Waals surface area (Å²) in [6.07, 6.45) is 0.511. The molecular weight excluding hydrogens is 512 g/mol. The molecule has 1 aliphatic heterocycles. The second-order valence-corrected chi connectivity index (χ2v) is 14.1. The lowest BCUT2D eigenvalue weighted by Gasteiger charge is -2.47.